The number of carbonyl (C=O) groups is 1. The van der Waals surface area contributed by atoms with E-state index in [9.17, 15) is 4.79 Å². The van der Waals surface area contributed by atoms with E-state index in [1.54, 1.807) is 12.3 Å². The van der Waals surface area contributed by atoms with Gasteiger partial charge in [0.1, 0.15) is 6.61 Å². The third-order valence-electron chi connectivity index (χ3n) is 4.20. The molecule has 5 nitrogen and oxygen atoms in total. The second-order valence-corrected chi connectivity index (χ2v) is 5.97. The van der Waals surface area contributed by atoms with Crippen molar-refractivity contribution in [3.63, 3.8) is 0 Å². The van der Waals surface area contributed by atoms with E-state index in [1.165, 1.54) is 0 Å². The van der Waals surface area contributed by atoms with Crippen LogP contribution >= 0.6 is 0 Å². The van der Waals surface area contributed by atoms with Crippen LogP contribution < -0.4 is 14.8 Å². The first kappa shape index (κ1) is 16.1. The standard InChI is InChI=1S/C21H18N2O3/c24-21(19-14-25-17-11-4-5-12-18(17)26-19)23-20(15-8-2-1-3-9-15)16-10-6-7-13-22-16/h1-13,19-20H,14H2,(H,23,24)/t19-,20-/m0/s1. The molecule has 2 atom stereocenters. The minimum Gasteiger partial charge on any atom is -0.485 e. The number of rotatable bonds is 4. The summed E-state index contributed by atoms with van der Waals surface area (Å²) < 4.78 is 11.5. The lowest BCUT2D eigenvalue weighted by molar-refractivity contribution is -0.130. The van der Waals surface area contributed by atoms with Gasteiger partial charge in [0.2, 0.25) is 6.10 Å². The number of pyridine rings is 1. The highest BCUT2D eigenvalue weighted by atomic mass is 16.6. The molecule has 2 aromatic carbocycles. The van der Waals surface area contributed by atoms with Gasteiger partial charge in [-0.25, -0.2) is 0 Å². The van der Waals surface area contributed by atoms with Crippen LogP contribution in [-0.4, -0.2) is 23.6 Å². The number of hydrogen-bond acceptors (Lipinski definition) is 4. The molecule has 1 aliphatic rings. The first-order chi connectivity index (χ1) is 12.8. The molecule has 0 unspecified atom stereocenters. The van der Waals surface area contributed by atoms with E-state index in [0.717, 1.165) is 11.3 Å². The Morgan fingerprint density at radius 1 is 0.962 bits per heavy atom. The van der Waals surface area contributed by atoms with Gasteiger partial charge in [0.15, 0.2) is 11.5 Å². The van der Waals surface area contributed by atoms with Crippen molar-refractivity contribution in [1.29, 1.82) is 0 Å². The molecule has 1 amide bonds. The lowest BCUT2D eigenvalue weighted by atomic mass is 10.0. The summed E-state index contributed by atoms with van der Waals surface area (Å²) in [4.78, 5) is 17.2. The highest BCUT2D eigenvalue weighted by Crippen LogP contribution is 2.31. The molecule has 2 heterocycles. The molecule has 5 heteroatoms. The van der Waals surface area contributed by atoms with Gasteiger partial charge in [-0.1, -0.05) is 48.5 Å². The van der Waals surface area contributed by atoms with Gasteiger partial charge in [-0.15, -0.1) is 0 Å². The first-order valence-corrected chi connectivity index (χ1v) is 8.46. The topological polar surface area (TPSA) is 60.5 Å². The highest BCUT2D eigenvalue weighted by Gasteiger charge is 2.29. The molecule has 0 aliphatic carbocycles. The maximum Gasteiger partial charge on any atom is 0.265 e. The van der Waals surface area contributed by atoms with Crippen LogP contribution in [0.4, 0.5) is 0 Å². The van der Waals surface area contributed by atoms with Crippen LogP contribution in [0.3, 0.4) is 0 Å². The van der Waals surface area contributed by atoms with Crippen molar-refractivity contribution in [3.8, 4) is 11.5 Å². The Hall–Kier alpha value is -3.34. The second-order valence-electron chi connectivity index (χ2n) is 5.97. The number of aromatic nitrogens is 1. The van der Waals surface area contributed by atoms with E-state index in [1.807, 2.05) is 66.7 Å². The average Bonchev–Trinajstić information content (AvgIpc) is 2.72. The lowest BCUT2D eigenvalue weighted by Crippen LogP contribution is -2.45. The van der Waals surface area contributed by atoms with Crippen molar-refractivity contribution >= 4 is 5.91 Å². The first-order valence-electron chi connectivity index (χ1n) is 8.46. The van der Waals surface area contributed by atoms with Gasteiger partial charge in [-0.2, -0.15) is 0 Å². The van der Waals surface area contributed by atoms with Crippen molar-refractivity contribution in [3.05, 3.63) is 90.3 Å². The maximum atomic E-state index is 12.8. The van der Waals surface area contributed by atoms with Crippen LogP contribution in [0.1, 0.15) is 17.3 Å². The van der Waals surface area contributed by atoms with Gasteiger partial charge in [-0.05, 0) is 29.8 Å². The Labute approximate surface area is 151 Å². The zero-order valence-corrected chi connectivity index (χ0v) is 14.0. The predicted molar refractivity (Wildman–Crippen MR) is 97.0 cm³/mol. The summed E-state index contributed by atoms with van der Waals surface area (Å²) in [7, 11) is 0. The molecule has 1 aliphatic heterocycles. The summed E-state index contributed by atoms with van der Waals surface area (Å²) in [6, 6.07) is 22.4. The zero-order chi connectivity index (χ0) is 17.8. The van der Waals surface area contributed by atoms with Gasteiger partial charge in [-0.3, -0.25) is 9.78 Å². The van der Waals surface area contributed by atoms with Gasteiger partial charge in [0.25, 0.3) is 5.91 Å². The Kier molecular flexibility index (Phi) is 4.51. The third-order valence-corrected chi connectivity index (χ3v) is 4.20. The van der Waals surface area contributed by atoms with Gasteiger partial charge in [0.05, 0.1) is 11.7 Å². The van der Waals surface area contributed by atoms with Crippen LogP contribution in [0.5, 0.6) is 11.5 Å². The summed E-state index contributed by atoms with van der Waals surface area (Å²) >= 11 is 0. The van der Waals surface area contributed by atoms with E-state index in [4.69, 9.17) is 9.47 Å². The fraction of sp³-hybridized carbons (Fsp3) is 0.143. The Morgan fingerprint density at radius 2 is 1.69 bits per heavy atom. The van der Waals surface area contributed by atoms with Crippen molar-refractivity contribution in [2.45, 2.75) is 12.1 Å². The zero-order valence-electron chi connectivity index (χ0n) is 14.0. The molecule has 0 saturated heterocycles. The van der Waals surface area contributed by atoms with Crippen molar-refractivity contribution in [1.82, 2.24) is 10.3 Å². The summed E-state index contributed by atoms with van der Waals surface area (Å²) in [6.45, 7) is 0.173. The smallest absolute Gasteiger partial charge is 0.265 e. The quantitative estimate of drug-likeness (QED) is 0.788. The molecular formula is C21H18N2O3. The van der Waals surface area contributed by atoms with Gasteiger partial charge < -0.3 is 14.8 Å². The number of carbonyl (C=O) groups excluding carboxylic acids is 1. The van der Waals surface area contributed by atoms with E-state index < -0.39 is 6.10 Å². The summed E-state index contributed by atoms with van der Waals surface area (Å²) in [5.74, 6) is 0.993. The molecule has 26 heavy (non-hydrogen) atoms. The van der Waals surface area contributed by atoms with Crippen LogP contribution in [0.15, 0.2) is 79.0 Å². The minimum absolute atomic E-state index is 0.173. The fourth-order valence-electron chi connectivity index (χ4n) is 2.90. The molecule has 0 radical (unpaired) electrons. The largest absolute Gasteiger partial charge is 0.485 e. The number of amides is 1. The molecule has 1 aromatic heterocycles. The number of benzene rings is 2. The van der Waals surface area contributed by atoms with E-state index in [-0.39, 0.29) is 18.6 Å². The minimum atomic E-state index is -0.708. The molecule has 3 aromatic rings. The molecule has 0 bridgehead atoms. The highest BCUT2D eigenvalue weighted by molar-refractivity contribution is 5.82. The van der Waals surface area contributed by atoms with Crippen LogP contribution in [-0.2, 0) is 4.79 Å². The number of fused-ring (bicyclic) bond motifs is 1. The number of nitrogens with one attached hydrogen (secondary N) is 1. The number of ether oxygens (including phenoxy) is 2. The van der Waals surface area contributed by atoms with Crippen LogP contribution in [0, 0.1) is 0 Å². The molecule has 1 N–H and O–H groups in total. The van der Waals surface area contributed by atoms with E-state index in [2.05, 4.69) is 10.3 Å². The SMILES string of the molecule is O=C(N[C@@H](c1ccccc1)c1ccccn1)[C@@H]1COc2ccccc2O1. The number of nitrogens with zero attached hydrogens (tertiary/aromatic N) is 1. The third kappa shape index (κ3) is 3.37. The maximum absolute atomic E-state index is 12.8. The molecule has 0 fully saturated rings. The average molecular weight is 346 g/mol. The molecular weight excluding hydrogens is 328 g/mol. The Morgan fingerprint density at radius 3 is 2.46 bits per heavy atom. The molecule has 130 valence electrons. The summed E-state index contributed by atoms with van der Waals surface area (Å²) in [5, 5.41) is 3.04. The number of hydrogen-bond donors (Lipinski definition) is 1. The van der Waals surface area contributed by atoms with Crippen molar-refractivity contribution in [2.24, 2.45) is 0 Å². The van der Waals surface area contributed by atoms with Crippen molar-refractivity contribution in [2.75, 3.05) is 6.61 Å². The summed E-state index contributed by atoms with van der Waals surface area (Å²) in [6.07, 6.45) is 1.01. The lowest BCUT2D eigenvalue weighted by Gasteiger charge is -2.27. The Bertz CT molecular complexity index is 845. The monoisotopic (exact) mass is 346 g/mol. The molecule has 0 saturated carbocycles. The van der Waals surface area contributed by atoms with Crippen molar-refractivity contribution < 1.29 is 14.3 Å². The number of para-hydroxylation sites is 2. The Balaban J connectivity index is 1.56. The van der Waals surface area contributed by atoms with Gasteiger partial charge >= 0.3 is 0 Å². The van der Waals surface area contributed by atoms with E-state index in [0.29, 0.717) is 11.5 Å². The van der Waals surface area contributed by atoms with Crippen LogP contribution in [0.25, 0.3) is 0 Å². The normalized spacial score (nSPS) is 16.5. The van der Waals surface area contributed by atoms with Crippen LogP contribution in [0.2, 0.25) is 0 Å². The van der Waals surface area contributed by atoms with Gasteiger partial charge in [0, 0.05) is 6.20 Å². The molecule has 4 rings (SSSR count). The summed E-state index contributed by atoms with van der Waals surface area (Å²) in [5.41, 5.74) is 1.72. The second kappa shape index (κ2) is 7.27. The fourth-order valence-corrected chi connectivity index (χ4v) is 2.90. The van der Waals surface area contributed by atoms with E-state index >= 15 is 0 Å². The predicted octanol–water partition coefficient (Wildman–Crippen LogP) is 3.13. The molecule has 0 spiro atoms.